The molecule has 11 N–H and O–H groups in total. The van der Waals surface area contributed by atoms with E-state index in [2.05, 4.69) is 91.2 Å². The van der Waals surface area contributed by atoms with Gasteiger partial charge in [0.1, 0.15) is 46.1 Å². The highest BCUT2D eigenvalue weighted by Crippen LogP contribution is 2.51. The zero-order valence-corrected chi connectivity index (χ0v) is 61.5. The van der Waals surface area contributed by atoms with Crippen molar-refractivity contribution in [1.82, 2.24) is 60.5 Å². The number of H-pyrrole nitrogens is 3. The van der Waals surface area contributed by atoms with Gasteiger partial charge >= 0.3 is 6.18 Å². The largest absolute Gasteiger partial charge is 0.420 e. The number of carbonyl (C=O) groups excluding carboxylic acids is 3. The molecular weight excluding hydrogens is 1410 g/mol. The Morgan fingerprint density at radius 1 is 0.495 bits per heavy atom. The molecule has 0 bridgehead atoms. The van der Waals surface area contributed by atoms with Crippen molar-refractivity contribution in [2.45, 2.75) is 135 Å². The van der Waals surface area contributed by atoms with Crippen molar-refractivity contribution in [3.63, 3.8) is 0 Å². The summed E-state index contributed by atoms with van der Waals surface area (Å²) in [5, 5.41) is 61.9. The third-order valence-corrected chi connectivity index (χ3v) is 20.4. The van der Waals surface area contributed by atoms with Crippen LogP contribution in [-0.2, 0) is 24.7 Å². The summed E-state index contributed by atoms with van der Waals surface area (Å²) in [4.78, 5) is 71.0. The van der Waals surface area contributed by atoms with Crippen LogP contribution in [0, 0.1) is 33.1 Å². The molecule has 27 nitrogen and oxygen atoms in total. The molecule has 4 aliphatic heterocycles. The molecule has 564 valence electrons. The van der Waals surface area contributed by atoms with Crippen LogP contribution in [0.1, 0.15) is 93.5 Å². The molecule has 4 aromatic carbocycles. The quantitative estimate of drug-likeness (QED) is 0.0281. The molecule has 0 aliphatic carbocycles. The van der Waals surface area contributed by atoms with Gasteiger partial charge in [0.15, 0.2) is 38.5 Å². The van der Waals surface area contributed by atoms with E-state index in [1.807, 2.05) is 144 Å². The van der Waals surface area contributed by atoms with Gasteiger partial charge in [0, 0.05) is 121 Å². The summed E-state index contributed by atoms with van der Waals surface area (Å²) in [6.45, 7) is 19.7. The first-order valence-electron chi connectivity index (χ1n) is 33.8. The lowest BCUT2D eigenvalue weighted by Gasteiger charge is -2.64. The Morgan fingerprint density at radius 2 is 0.838 bits per heavy atom. The van der Waals surface area contributed by atoms with Gasteiger partial charge in [-0.15, -0.1) is 0 Å². The van der Waals surface area contributed by atoms with E-state index in [0.29, 0.717) is 88.4 Å². The molecule has 10 heterocycles. The summed E-state index contributed by atoms with van der Waals surface area (Å²) in [7, 11) is 0. The number of alkyl halides is 3. The van der Waals surface area contributed by atoms with E-state index in [9.17, 15) is 37.8 Å². The van der Waals surface area contributed by atoms with Crippen molar-refractivity contribution in [2.75, 3.05) is 92.5 Å². The zero-order chi connectivity index (χ0) is 74.4. The maximum atomic E-state index is 13.1. The number of rotatable bonds is 22. The van der Waals surface area contributed by atoms with E-state index < -0.39 is 30.5 Å². The van der Waals surface area contributed by atoms with Crippen LogP contribution in [0.2, 0.25) is 0 Å². The predicted molar refractivity (Wildman–Crippen MR) is 416 cm³/mol. The van der Waals surface area contributed by atoms with Gasteiger partial charge in [-0.3, -0.25) is 29.7 Å². The first-order valence-corrected chi connectivity index (χ1v) is 36.3. The number of hydrogen-bond acceptors (Lipinski definition) is 24. The van der Waals surface area contributed by atoms with Gasteiger partial charge in [0.25, 0.3) is 0 Å². The van der Waals surface area contributed by atoms with E-state index in [1.165, 1.54) is 46.3 Å². The molecule has 0 atom stereocenters. The summed E-state index contributed by atoms with van der Waals surface area (Å²) < 4.78 is 45.2. The van der Waals surface area contributed by atoms with Crippen LogP contribution in [0.15, 0.2) is 164 Å². The van der Waals surface area contributed by atoms with Crippen LogP contribution < -0.4 is 46.6 Å². The lowest BCUT2D eigenvalue weighted by molar-refractivity contribution is -0.267. The van der Waals surface area contributed by atoms with Crippen molar-refractivity contribution < 1.29 is 53.9 Å². The fourth-order valence-electron chi connectivity index (χ4n) is 11.5. The number of nitrogens with zero attached hydrogens (tertiary/aromatic N) is 12. The Hall–Kier alpha value is -10.3. The molecule has 4 aliphatic rings. The van der Waals surface area contributed by atoms with E-state index in [4.69, 9.17) is 24.7 Å². The van der Waals surface area contributed by atoms with Gasteiger partial charge in [-0.1, -0.05) is 58.9 Å². The number of β-amino-alcohol motifs (C(OH)–C–C–N with tert-alkyl or cyclic N) is 2. The van der Waals surface area contributed by atoms with Gasteiger partial charge in [-0.05, 0) is 147 Å². The summed E-state index contributed by atoms with van der Waals surface area (Å²) >= 11 is 4.11. The van der Waals surface area contributed by atoms with Gasteiger partial charge in [0.2, 0.25) is 17.7 Å². The number of aryl methyl sites for hydroxylation is 4. The normalized spacial score (nSPS) is 15.6. The molecule has 0 unspecified atom stereocenters. The minimum Gasteiger partial charge on any atom is -0.381 e. The molecule has 105 heavy (non-hydrogen) atoms. The maximum Gasteiger partial charge on any atom is 0.420 e. The monoisotopic (exact) mass is 1500 g/mol. The molecule has 4 fully saturated rings. The highest BCUT2D eigenvalue weighted by Gasteiger charge is 2.63. The lowest BCUT2D eigenvalue weighted by Crippen LogP contribution is -2.77. The molecule has 33 heteroatoms. The number of amides is 3. The van der Waals surface area contributed by atoms with Gasteiger partial charge in [-0.2, -0.15) is 28.5 Å². The van der Waals surface area contributed by atoms with E-state index in [1.54, 1.807) is 37.3 Å². The molecule has 0 saturated carbocycles. The third kappa shape index (κ3) is 18.1. The number of anilines is 12. The average molecular weight is 1500 g/mol. The minimum atomic E-state index is -4.73. The maximum absolute atomic E-state index is 13.1. The number of aromatic nitrogens is 12. The van der Waals surface area contributed by atoms with Crippen LogP contribution in [0.4, 0.5) is 82.6 Å². The van der Waals surface area contributed by atoms with E-state index >= 15 is 0 Å². The number of halogens is 3. The smallest absolute Gasteiger partial charge is 0.381 e. The SMILES string of the molecule is CCC(=O)Nc1ccc(Sc2nc(Nc3cc(C)[nH]n3)cc(N3CC(O)(C(F)(F)F)C3)n2)cc1.CCC(=O)Nc1ccc(Sc2nc(Nc3cc(C)[nH]n3)cc(N3CC(O)(c4ccccc4C)C3)n2)cc1.CCC(=O)Nc1ccc(Sc2nc(Nc3cc(C)[nH]n3)cc(N3CC4(C3)OCC4(C)C)n2)cc1.[HH].[HH].[HH].[HH].[HH].[HH].[HH].[HH]. The number of benzene rings is 4. The molecule has 6 aromatic heterocycles. The third-order valence-electron chi connectivity index (χ3n) is 17.8. The van der Waals surface area contributed by atoms with Crippen molar-refractivity contribution >= 4 is 122 Å². The Morgan fingerprint density at radius 3 is 1.13 bits per heavy atom. The molecule has 1 spiro atoms. The molecule has 0 radical (unpaired) electrons. The van der Waals surface area contributed by atoms with Gasteiger partial charge < -0.3 is 61.6 Å². The van der Waals surface area contributed by atoms with Gasteiger partial charge in [-0.25, -0.2) is 29.9 Å². The second-order valence-corrected chi connectivity index (χ2v) is 29.7. The summed E-state index contributed by atoms with van der Waals surface area (Å²) in [6.07, 6.45) is -3.49. The average Bonchev–Trinajstić information content (AvgIpc) is 0.971. The number of hydrogen-bond donors (Lipinski definition) is 11. The zero-order valence-electron chi connectivity index (χ0n) is 59.0. The number of carbonyl (C=O) groups is 3. The Bertz CT molecular complexity index is 4600. The molecule has 14 rings (SSSR count). The number of nitrogens with one attached hydrogen (secondary N) is 9. The Labute approximate surface area is 628 Å². The van der Waals surface area contributed by atoms with E-state index in [0.717, 1.165) is 85.6 Å². The van der Waals surface area contributed by atoms with Crippen molar-refractivity contribution in [1.29, 1.82) is 0 Å². The fraction of sp³-hybridized carbons (Fsp3) is 0.333. The second-order valence-electron chi connectivity index (χ2n) is 26.6. The van der Waals surface area contributed by atoms with Crippen LogP contribution in [0.3, 0.4) is 0 Å². The molecule has 3 amide bonds. The van der Waals surface area contributed by atoms with Crippen LogP contribution in [-0.4, -0.2) is 152 Å². The topological polar surface area (TPSA) is 346 Å². The Kier molecular flexibility index (Phi) is 22.1. The van der Waals surface area contributed by atoms with Crippen molar-refractivity contribution in [2.24, 2.45) is 5.41 Å². The van der Waals surface area contributed by atoms with Crippen molar-refractivity contribution in [3.8, 4) is 0 Å². The Balaban J connectivity index is 0.000000345. The van der Waals surface area contributed by atoms with Crippen molar-refractivity contribution in [3.05, 3.63) is 162 Å². The van der Waals surface area contributed by atoms with Crippen LogP contribution in [0.5, 0.6) is 0 Å². The second kappa shape index (κ2) is 31.2. The van der Waals surface area contributed by atoms with Crippen LogP contribution >= 0.6 is 35.3 Å². The number of ether oxygens (including phenoxy) is 1. The highest BCUT2D eigenvalue weighted by molar-refractivity contribution is 7.99. The van der Waals surface area contributed by atoms with Crippen LogP contribution in [0.25, 0.3) is 0 Å². The molecular formula is C72H96F3N21O6S3. The summed E-state index contributed by atoms with van der Waals surface area (Å²) in [6, 6.07) is 41.2. The fourth-order valence-corrected chi connectivity index (χ4v) is 13.8. The minimum absolute atomic E-state index is 0. The summed E-state index contributed by atoms with van der Waals surface area (Å²) in [5.41, 5.74) is 3.31. The number of aliphatic hydroxyl groups is 2. The van der Waals surface area contributed by atoms with E-state index in [-0.39, 0.29) is 46.0 Å². The highest BCUT2D eigenvalue weighted by atomic mass is 32.2. The standard InChI is InChI=1S/C27H29N7O2S.C24H29N7O2S.C21H22F3N7O2S.8H2/c1-4-25(35)28-19-9-11-20(12-10-19)37-26-30-22(29-23-13-18(3)32-33-23)14-24(31-26)34-15-27(36,16-34)21-8-6-5-7-17(21)2;1-5-21(32)25-16-6-8-17(9-7-16)34-22-27-18(26-19-10-15(2)29-30-19)11-20(28-22)31-12-24(13-31)23(3,4)14-33-24;1-3-18(32)25-13-4-6-14(7-5-13)34-19-27-15(26-16-8-12(2)29-30-16)9-17(28-19)31-10-20(33,11-31)21(22,23)24;;;;;;;;/h5-14,36H,4,15-16H2,1-3H3,(H,28,35)(H2,29,30,31,32,33);6-11H,5,12-14H2,1-4H3,(H,25,32)(H2,26,27,28,29,30);4-9,33H,3,10-11H2,1-2H3,(H,25,32)(H2,26,27,28,29,30);8*1H. The van der Waals surface area contributed by atoms with Gasteiger partial charge in [0.05, 0.1) is 45.9 Å². The first-order chi connectivity index (χ1) is 50.1. The molecule has 4 saturated heterocycles. The first kappa shape index (κ1) is 74.4. The predicted octanol–water partition coefficient (Wildman–Crippen LogP) is 15.0. The molecule has 10 aromatic rings. The lowest BCUT2D eigenvalue weighted by atomic mass is 9.66. The number of aromatic amines is 3. The summed E-state index contributed by atoms with van der Waals surface area (Å²) in [5.74, 6) is 5.17.